The number of benzene rings is 1. The molecule has 1 N–H and O–H groups in total. The fourth-order valence-electron chi connectivity index (χ4n) is 1.55. The zero-order valence-electron chi connectivity index (χ0n) is 9.19. The summed E-state index contributed by atoms with van der Waals surface area (Å²) in [6.45, 7) is 4.38. The molecule has 0 heterocycles. The Bertz CT molecular complexity index is 312. The maximum Gasteiger partial charge on any atom is 0.0612 e. The molecule has 1 aromatic rings. The molecule has 0 saturated heterocycles. The predicted octanol–water partition coefficient (Wildman–Crippen LogP) is 4.98. The Kier molecular flexibility index (Phi) is 5.27. The topological polar surface area (TPSA) is 12.0 Å². The molecule has 0 aliphatic heterocycles. The number of rotatable bonds is 5. The lowest BCUT2D eigenvalue weighted by Gasteiger charge is -2.17. The number of halogens is 2. The molecule has 0 aromatic heterocycles. The van der Waals surface area contributed by atoms with Crippen LogP contribution in [-0.2, 0) is 0 Å². The second-order valence-electron chi connectivity index (χ2n) is 3.67. The van der Waals surface area contributed by atoms with E-state index in [1.807, 2.05) is 18.2 Å². The van der Waals surface area contributed by atoms with Gasteiger partial charge in [-0.15, -0.1) is 0 Å². The molecule has 0 fully saturated rings. The Morgan fingerprint density at radius 3 is 2.47 bits per heavy atom. The van der Waals surface area contributed by atoms with Crippen molar-refractivity contribution in [2.45, 2.75) is 39.2 Å². The molecule has 1 aromatic carbocycles. The minimum absolute atomic E-state index is 0.521. The third-order valence-corrected chi connectivity index (χ3v) is 3.16. The lowest BCUT2D eigenvalue weighted by Crippen LogP contribution is -2.17. The summed E-state index contributed by atoms with van der Waals surface area (Å²) in [5, 5.41) is 4.66. The van der Waals surface area contributed by atoms with Gasteiger partial charge in [0.25, 0.3) is 0 Å². The summed E-state index contributed by atoms with van der Waals surface area (Å²) in [6.07, 6.45) is 3.48. The monoisotopic (exact) mass is 245 g/mol. The van der Waals surface area contributed by atoms with E-state index in [2.05, 4.69) is 19.2 Å². The molecule has 1 unspecified atom stereocenters. The van der Waals surface area contributed by atoms with Crippen molar-refractivity contribution in [1.29, 1.82) is 0 Å². The van der Waals surface area contributed by atoms with E-state index in [4.69, 9.17) is 23.2 Å². The molecular formula is C12H17Cl2N. The van der Waals surface area contributed by atoms with Crippen LogP contribution in [0.4, 0.5) is 5.69 Å². The normalized spacial score (nSPS) is 12.5. The van der Waals surface area contributed by atoms with Crippen LogP contribution in [0.1, 0.15) is 33.1 Å². The number of hydrogen-bond donors (Lipinski definition) is 1. The van der Waals surface area contributed by atoms with Crippen LogP contribution < -0.4 is 5.32 Å². The minimum Gasteiger partial charge on any atom is -0.382 e. The maximum absolute atomic E-state index is 5.95. The number of nitrogens with one attached hydrogen (secondary N) is 1. The summed E-state index contributed by atoms with van der Waals surface area (Å²) >= 11 is 11.8. The van der Waals surface area contributed by atoms with Gasteiger partial charge in [0.2, 0.25) is 0 Å². The van der Waals surface area contributed by atoms with Gasteiger partial charge in [-0.1, -0.05) is 43.5 Å². The Morgan fingerprint density at radius 2 is 1.93 bits per heavy atom. The summed E-state index contributed by atoms with van der Waals surface area (Å²) in [5.41, 5.74) is 1.05. The largest absolute Gasteiger partial charge is 0.382 e. The molecular weight excluding hydrogens is 229 g/mol. The van der Waals surface area contributed by atoms with Crippen LogP contribution in [0.2, 0.25) is 10.0 Å². The van der Waals surface area contributed by atoms with E-state index >= 15 is 0 Å². The van der Waals surface area contributed by atoms with Gasteiger partial charge in [-0.3, -0.25) is 0 Å². The molecule has 0 spiro atoms. The van der Waals surface area contributed by atoms with E-state index in [0.29, 0.717) is 16.1 Å². The molecule has 3 heteroatoms. The zero-order valence-corrected chi connectivity index (χ0v) is 10.7. The van der Waals surface area contributed by atoms with Crippen molar-refractivity contribution in [2.75, 3.05) is 5.32 Å². The summed E-state index contributed by atoms with van der Waals surface area (Å²) in [7, 11) is 0. The van der Waals surface area contributed by atoms with Crippen LogP contribution in [0.15, 0.2) is 18.2 Å². The van der Waals surface area contributed by atoms with Crippen molar-refractivity contribution in [1.82, 2.24) is 0 Å². The first-order valence-electron chi connectivity index (χ1n) is 5.39. The van der Waals surface area contributed by atoms with Crippen LogP contribution in [0.5, 0.6) is 0 Å². The number of hydrogen-bond acceptors (Lipinski definition) is 1. The summed E-state index contributed by atoms with van der Waals surface area (Å²) < 4.78 is 0. The van der Waals surface area contributed by atoms with E-state index in [-0.39, 0.29) is 0 Å². The van der Waals surface area contributed by atoms with E-state index in [1.165, 1.54) is 12.8 Å². The smallest absolute Gasteiger partial charge is 0.0612 e. The van der Waals surface area contributed by atoms with Gasteiger partial charge in [0.15, 0.2) is 0 Å². The fraction of sp³-hybridized carbons (Fsp3) is 0.500. The second-order valence-corrected chi connectivity index (χ2v) is 4.48. The lowest BCUT2D eigenvalue weighted by molar-refractivity contribution is 0.623. The van der Waals surface area contributed by atoms with E-state index in [9.17, 15) is 0 Å². The van der Waals surface area contributed by atoms with E-state index in [1.54, 1.807) is 0 Å². The summed E-state index contributed by atoms with van der Waals surface area (Å²) in [5.74, 6) is 0. The minimum atomic E-state index is 0.521. The predicted molar refractivity (Wildman–Crippen MR) is 69.1 cm³/mol. The molecule has 0 aliphatic rings. The Balaban J connectivity index is 2.66. The van der Waals surface area contributed by atoms with E-state index < -0.39 is 0 Å². The van der Waals surface area contributed by atoms with Gasteiger partial charge >= 0.3 is 0 Å². The third-order valence-electron chi connectivity index (χ3n) is 2.42. The molecule has 0 saturated carbocycles. The van der Waals surface area contributed by atoms with E-state index in [0.717, 1.165) is 12.1 Å². The van der Waals surface area contributed by atoms with Crippen LogP contribution in [0.25, 0.3) is 0 Å². The average Bonchev–Trinajstić information content (AvgIpc) is 2.23. The fourth-order valence-corrected chi connectivity index (χ4v) is 1.85. The SMILES string of the molecule is CCCC(CC)Nc1ccc(Cl)c(Cl)c1. The quantitative estimate of drug-likeness (QED) is 0.772. The van der Waals surface area contributed by atoms with Crippen LogP contribution >= 0.6 is 23.2 Å². The molecule has 0 amide bonds. The molecule has 0 aliphatic carbocycles. The zero-order chi connectivity index (χ0) is 11.3. The lowest BCUT2D eigenvalue weighted by atomic mass is 10.1. The van der Waals surface area contributed by atoms with Crippen LogP contribution in [0, 0.1) is 0 Å². The molecule has 84 valence electrons. The van der Waals surface area contributed by atoms with Gasteiger partial charge in [-0.2, -0.15) is 0 Å². The third kappa shape index (κ3) is 3.92. The highest BCUT2D eigenvalue weighted by atomic mass is 35.5. The van der Waals surface area contributed by atoms with Gasteiger partial charge in [0, 0.05) is 11.7 Å². The van der Waals surface area contributed by atoms with Gasteiger partial charge in [0.1, 0.15) is 0 Å². The van der Waals surface area contributed by atoms with Crippen molar-refractivity contribution in [2.24, 2.45) is 0 Å². The highest BCUT2D eigenvalue weighted by Gasteiger charge is 2.05. The molecule has 0 radical (unpaired) electrons. The molecule has 0 bridgehead atoms. The number of anilines is 1. The van der Waals surface area contributed by atoms with Gasteiger partial charge in [-0.05, 0) is 31.0 Å². The second kappa shape index (κ2) is 6.24. The van der Waals surface area contributed by atoms with Gasteiger partial charge in [0.05, 0.1) is 10.0 Å². The van der Waals surface area contributed by atoms with Crippen molar-refractivity contribution < 1.29 is 0 Å². The van der Waals surface area contributed by atoms with Gasteiger partial charge in [-0.25, -0.2) is 0 Å². The molecule has 1 atom stereocenters. The highest BCUT2D eigenvalue weighted by molar-refractivity contribution is 6.42. The van der Waals surface area contributed by atoms with Gasteiger partial charge < -0.3 is 5.32 Å². The van der Waals surface area contributed by atoms with Crippen molar-refractivity contribution in [3.8, 4) is 0 Å². The molecule has 15 heavy (non-hydrogen) atoms. The van der Waals surface area contributed by atoms with Crippen molar-refractivity contribution in [3.05, 3.63) is 28.2 Å². The van der Waals surface area contributed by atoms with Crippen LogP contribution in [-0.4, -0.2) is 6.04 Å². The first kappa shape index (κ1) is 12.7. The molecule has 1 rings (SSSR count). The maximum atomic E-state index is 5.95. The standard InChI is InChI=1S/C12H17Cl2N/c1-3-5-9(4-2)15-10-6-7-11(13)12(14)8-10/h6-9,15H,3-5H2,1-2H3. The summed E-state index contributed by atoms with van der Waals surface area (Å²) in [4.78, 5) is 0. The first-order chi connectivity index (χ1) is 7.17. The Hall–Kier alpha value is -0.400. The Morgan fingerprint density at radius 1 is 1.20 bits per heavy atom. The average molecular weight is 246 g/mol. The molecule has 1 nitrogen and oxygen atoms in total. The first-order valence-corrected chi connectivity index (χ1v) is 6.14. The van der Waals surface area contributed by atoms with Crippen molar-refractivity contribution in [3.63, 3.8) is 0 Å². The van der Waals surface area contributed by atoms with Crippen molar-refractivity contribution >= 4 is 28.9 Å². The highest BCUT2D eigenvalue weighted by Crippen LogP contribution is 2.25. The Labute approximate surface area is 102 Å². The summed E-state index contributed by atoms with van der Waals surface area (Å²) in [6, 6.07) is 6.19. The van der Waals surface area contributed by atoms with Crippen LogP contribution in [0.3, 0.4) is 0 Å².